The van der Waals surface area contributed by atoms with E-state index in [9.17, 15) is 9.59 Å². The molecule has 1 aliphatic carbocycles. The molecule has 30 heavy (non-hydrogen) atoms. The molecule has 1 amide bonds. The van der Waals surface area contributed by atoms with Crippen LogP contribution in [0, 0.1) is 0 Å². The van der Waals surface area contributed by atoms with Crippen LogP contribution in [-0.4, -0.2) is 49.9 Å². The van der Waals surface area contributed by atoms with Crippen molar-refractivity contribution in [3.8, 4) is 11.3 Å². The number of unbranched alkanes of at least 4 members (excludes halogenated alkanes) is 3. The molecule has 0 aliphatic heterocycles. The van der Waals surface area contributed by atoms with E-state index < -0.39 is 0 Å². The van der Waals surface area contributed by atoms with Crippen LogP contribution in [0.15, 0.2) is 6.20 Å². The van der Waals surface area contributed by atoms with Crippen LogP contribution in [0.5, 0.6) is 0 Å². The molecule has 2 aromatic rings. The maximum absolute atomic E-state index is 12.6. The Kier molecular flexibility index (Phi) is 8.09. The molecule has 164 valence electrons. The minimum Gasteiger partial charge on any atom is -0.357 e. The standard InChI is InChI=1S/C21H31N5O3S/c1-4-29-14(2)26-18-10-9-16-19(17(18)13-23-26)24-25-20(16)21(28)22-11-7-5-6-8-12-30-15(3)27/h13-14H,4-12H2,1-3H3,(H,22,28)(H,24,25). The highest BCUT2D eigenvalue weighted by molar-refractivity contribution is 8.13. The second-order valence-corrected chi connectivity index (χ2v) is 8.71. The van der Waals surface area contributed by atoms with Gasteiger partial charge < -0.3 is 10.1 Å². The van der Waals surface area contributed by atoms with E-state index in [-0.39, 0.29) is 17.3 Å². The van der Waals surface area contributed by atoms with E-state index in [1.807, 2.05) is 24.7 Å². The van der Waals surface area contributed by atoms with Crippen molar-refractivity contribution in [3.63, 3.8) is 0 Å². The van der Waals surface area contributed by atoms with Crippen LogP contribution in [0.1, 0.15) is 74.4 Å². The van der Waals surface area contributed by atoms with Gasteiger partial charge in [0.25, 0.3) is 5.91 Å². The molecule has 1 atom stereocenters. The van der Waals surface area contributed by atoms with Gasteiger partial charge in [0.05, 0.1) is 17.6 Å². The van der Waals surface area contributed by atoms with Crippen LogP contribution in [-0.2, 0) is 22.4 Å². The highest BCUT2D eigenvalue weighted by Gasteiger charge is 2.28. The lowest BCUT2D eigenvalue weighted by atomic mass is 9.93. The summed E-state index contributed by atoms with van der Waals surface area (Å²) in [4.78, 5) is 23.5. The molecule has 0 spiro atoms. The van der Waals surface area contributed by atoms with Gasteiger partial charge in [0, 0.05) is 37.0 Å². The molecular formula is C21H31N5O3S. The number of carbonyl (C=O) groups excluding carboxylic acids is 2. The van der Waals surface area contributed by atoms with Crippen molar-refractivity contribution in [2.24, 2.45) is 0 Å². The van der Waals surface area contributed by atoms with Crippen molar-refractivity contribution in [2.45, 2.75) is 65.5 Å². The number of thioether (sulfide) groups is 1. The lowest BCUT2D eigenvalue weighted by Crippen LogP contribution is -2.26. The molecule has 0 bridgehead atoms. The number of carbonyl (C=O) groups is 2. The minimum absolute atomic E-state index is 0.118. The van der Waals surface area contributed by atoms with Crippen molar-refractivity contribution in [1.82, 2.24) is 25.3 Å². The highest BCUT2D eigenvalue weighted by Crippen LogP contribution is 2.34. The average molecular weight is 434 g/mol. The summed E-state index contributed by atoms with van der Waals surface area (Å²) in [6, 6.07) is 0. The minimum atomic E-state index is -0.127. The first-order valence-corrected chi connectivity index (χ1v) is 11.7. The van der Waals surface area contributed by atoms with Crippen molar-refractivity contribution < 1.29 is 14.3 Å². The summed E-state index contributed by atoms with van der Waals surface area (Å²) < 4.78 is 7.59. The van der Waals surface area contributed by atoms with Gasteiger partial charge in [-0.05, 0) is 39.5 Å². The number of H-pyrrole nitrogens is 1. The number of nitrogens with zero attached hydrogens (tertiary/aromatic N) is 3. The molecule has 0 fully saturated rings. The highest BCUT2D eigenvalue weighted by atomic mass is 32.2. The normalized spacial score (nSPS) is 13.6. The number of rotatable bonds is 11. The van der Waals surface area contributed by atoms with Crippen LogP contribution >= 0.6 is 11.8 Å². The molecule has 2 N–H and O–H groups in total. The fourth-order valence-electron chi connectivity index (χ4n) is 3.82. The maximum atomic E-state index is 12.6. The Bertz CT molecular complexity index is 876. The first kappa shape index (κ1) is 22.6. The van der Waals surface area contributed by atoms with E-state index in [1.165, 1.54) is 11.8 Å². The Morgan fingerprint density at radius 2 is 2.10 bits per heavy atom. The van der Waals surface area contributed by atoms with E-state index >= 15 is 0 Å². The van der Waals surface area contributed by atoms with Gasteiger partial charge in [-0.15, -0.1) is 0 Å². The first-order valence-electron chi connectivity index (χ1n) is 10.7. The molecule has 8 nitrogen and oxygen atoms in total. The summed E-state index contributed by atoms with van der Waals surface area (Å²) in [5.41, 5.74) is 4.45. The largest absolute Gasteiger partial charge is 0.357 e. The van der Waals surface area contributed by atoms with Gasteiger partial charge in [0.2, 0.25) is 0 Å². The van der Waals surface area contributed by atoms with E-state index in [0.717, 1.165) is 66.8 Å². The zero-order chi connectivity index (χ0) is 21.5. The number of amides is 1. The molecule has 0 radical (unpaired) electrons. The molecule has 0 saturated heterocycles. The summed E-state index contributed by atoms with van der Waals surface area (Å²) >= 11 is 1.38. The van der Waals surface area contributed by atoms with Gasteiger partial charge in [0.15, 0.2) is 10.8 Å². The van der Waals surface area contributed by atoms with Gasteiger partial charge in [0.1, 0.15) is 6.23 Å². The third kappa shape index (κ3) is 5.31. The van der Waals surface area contributed by atoms with Gasteiger partial charge >= 0.3 is 0 Å². The number of hydrogen-bond acceptors (Lipinski definition) is 6. The van der Waals surface area contributed by atoms with Crippen LogP contribution in [0.2, 0.25) is 0 Å². The van der Waals surface area contributed by atoms with Gasteiger partial charge in [-0.1, -0.05) is 24.6 Å². The molecule has 1 aliphatic rings. The third-order valence-corrected chi connectivity index (χ3v) is 6.18. The van der Waals surface area contributed by atoms with Crippen LogP contribution < -0.4 is 5.32 Å². The van der Waals surface area contributed by atoms with Crippen molar-refractivity contribution >= 4 is 22.8 Å². The molecule has 0 aromatic carbocycles. The van der Waals surface area contributed by atoms with Crippen molar-refractivity contribution in [1.29, 1.82) is 0 Å². The van der Waals surface area contributed by atoms with Crippen LogP contribution in [0.4, 0.5) is 0 Å². The molecule has 1 unspecified atom stereocenters. The predicted octanol–water partition coefficient (Wildman–Crippen LogP) is 3.50. The Morgan fingerprint density at radius 3 is 2.87 bits per heavy atom. The molecule has 0 saturated carbocycles. The summed E-state index contributed by atoms with van der Waals surface area (Å²) in [5.74, 6) is 0.751. The van der Waals surface area contributed by atoms with Gasteiger partial charge in [-0.3, -0.25) is 14.7 Å². The fraction of sp³-hybridized carbons (Fsp3) is 0.619. The third-order valence-electron chi connectivity index (χ3n) is 5.28. The second kappa shape index (κ2) is 10.8. The summed E-state index contributed by atoms with van der Waals surface area (Å²) in [6.07, 6.45) is 7.33. The van der Waals surface area contributed by atoms with E-state index in [0.29, 0.717) is 18.8 Å². The SMILES string of the molecule is CCOC(C)n1ncc2c1CCc1c(C(=O)NCCCCCCSC(C)=O)n[nH]c1-2. The molecule has 2 heterocycles. The fourth-order valence-corrected chi connectivity index (χ4v) is 4.45. The monoisotopic (exact) mass is 433 g/mol. The first-order chi connectivity index (χ1) is 14.5. The van der Waals surface area contributed by atoms with Crippen LogP contribution in [0.3, 0.4) is 0 Å². The zero-order valence-electron chi connectivity index (χ0n) is 18.0. The molecular weight excluding hydrogens is 402 g/mol. The van der Waals surface area contributed by atoms with E-state index in [4.69, 9.17) is 4.74 Å². The Balaban J connectivity index is 1.52. The Morgan fingerprint density at radius 1 is 1.30 bits per heavy atom. The molecule has 9 heteroatoms. The van der Waals surface area contributed by atoms with Gasteiger partial charge in [-0.25, -0.2) is 4.68 Å². The maximum Gasteiger partial charge on any atom is 0.272 e. The summed E-state index contributed by atoms with van der Waals surface area (Å²) in [5, 5.41) is 15.0. The second-order valence-electron chi connectivity index (χ2n) is 7.44. The van der Waals surface area contributed by atoms with Crippen molar-refractivity contribution in [3.05, 3.63) is 23.1 Å². The van der Waals surface area contributed by atoms with Crippen LogP contribution in [0.25, 0.3) is 11.3 Å². The molecule has 3 rings (SSSR count). The number of ether oxygens (including phenoxy) is 1. The van der Waals surface area contributed by atoms with E-state index in [2.05, 4.69) is 20.6 Å². The van der Waals surface area contributed by atoms with Crippen molar-refractivity contribution in [2.75, 3.05) is 18.9 Å². The zero-order valence-corrected chi connectivity index (χ0v) is 18.8. The summed E-state index contributed by atoms with van der Waals surface area (Å²) in [6.45, 7) is 6.82. The Hall–Kier alpha value is -2.13. The predicted molar refractivity (Wildman–Crippen MR) is 117 cm³/mol. The quantitative estimate of drug-likeness (QED) is 0.526. The average Bonchev–Trinajstić information content (AvgIpc) is 3.33. The number of aromatic amines is 1. The molecule has 2 aromatic heterocycles. The summed E-state index contributed by atoms with van der Waals surface area (Å²) in [7, 11) is 0. The lowest BCUT2D eigenvalue weighted by molar-refractivity contribution is -0.109. The smallest absolute Gasteiger partial charge is 0.272 e. The number of aromatic nitrogens is 4. The number of hydrogen-bond donors (Lipinski definition) is 2. The number of fused-ring (bicyclic) bond motifs is 3. The topological polar surface area (TPSA) is 102 Å². The van der Waals surface area contributed by atoms with Gasteiger partial charge in [-0.2, -0.15) is 10.2 Å². The number of nitrogens with one attached hydrogen (secondary N) is 2. The van der Waals surface area contributed by atoms with E-state index in [1.54, 1.807) is 6.92 Å². The lowest BCUT2D eigenvalue weighted by Gasteiger charge is -2.19. The Labute approximate surface area is 181 Å².